The minimum atomic E-state index is -0.272. The molecule has 0 amide bonds. The molecule has 4 aromatic rings. The topological polar surface area (TPSA) is 0 Å². The molecule has 1 heteroatoms. The van der Waals surface area contributed by atoms with Gasteiger partial charge < -0.3 is 0 Å². The van der Waals surface area contributed by atoms with Crippen LogP contribution in [0.15, 0.2) is 108 Å². The van der Waals surface area contributed by atoms with E-state index in [2.05, 4.69) is 126 Å². The van der Waals surface area contributed by atoms with Crippen molar-refractivity contribution in [2.45, 2.75) is 18.8 Å². The summed E-state index contributed by atoms with van der Waals surface area (Å²) in [6.45, 7) is 2.28. The molecule has 158 valence electrons. The van der Waals surface area contributed by atoms with Crippen LogP contribution in [0, 0.1) is 5.92 Å². The lowest BCUT2D eigenvalue weighted by atomic mass is 9.70. The lowest BCUT2D eigenvalue weighted by Gasteiger charge is -2.30. The molecule has 3 aliphatic carbocycles. The van der Waals surface area contributed by atoms with Crippen LogP contribution < -0.4 is 0 Å². The number of benzene rings is 4. The molecule has 0 fully saturated rings. The fourth-order valence-electron chi connectivity index (χ4n) is 6.27. The molecule has 4 aromatic carbocycles. The third-order valence-electron chi connectivity index (χ3n) is 7.71. The van der Waals surface area contributed by atoms with Crippen LogP contribution in [0.3, 0.4) is 0 Å². The molecule has 0 N–H and O–H groups in total. The van der Waals surface area contributed by atoms with Crippen molar-refractivity contribution in [3.63, 3.8) is 0 Å². The minimum Gasteiger partial charge on any atom is -0.0808 e. The van der Waals surface area contributed by atoms with Crippen LogP contribution in [-0.2, 0) is 5.41 Å². The molecule has 0 radical (unpaired) electrons. The van der Waals surface area contributed by atoms with Crippen molar-refractivity contribution in [1.82, 2.24) is 0 Å². The van der Waals surface area contributed by atoms with Crippen molar-refractivity contribution < 1.29 is 0 Å². The van der Waals surface area contributed by atoms with Gasteiger partial charge in [0.15, 0.2) is 0 Å². The molecule has 2 unspecified atom stereocenters. The summed E-state index contributed by atoms with van der Waals surface area (Å²) >= 11 is 3.88. The van der Waals surface area contributed by atoms with Gasteiger partial charge in [0.05, 0.1) is 5.41 Å². The Morgan fingerprint density at radius 2 is 1.42 bits per heavy atom. The molecule has 0 aliphatic heterocycles. The molecular formula is C32H23Br. The first kappa shape index (κ1) is 19.3. The van der Waals surface area contributed by atoms with E-state index in [1.54, 1.807) is 0 Å². The fraction of sp³-hybridized carbons (Fsp3) is 0.125. The Bertz CT molecular complexity index is 1520. The smallest absolute Gasteiger partial charge is 0.0725 e. The van der Waals surface area contributed by atoms with Gasteiger partial charge in [0, 0.05) is 10.0 Å². The summed E-state index contributed by atoms with van der Waals surface area (Å²) in [4.78, 5) is 0. The number of hydrogen-bond donors (Lipinski definition) is 0. The minimum absolute atomic E-state index is 0.272. The van der Waals surface area contributed by atoms with Gasteiger partial charge in [-0.15, -0.1) is 0 Å². The zero-order valence-electron chi connectivity index (χ0n) is 18.5. The second-order valence-corrected chi connectivity index (χ2v) is 10.3. The Morgan fingerprint density at radius 3 is 2.21 bits per heavy atom. The van der Waals surface area contributed by atoms with Gasteiger partial charge in [0.1, 0.15) is 0 Å². The third-order valence-corrected chi connectivity index (χ3v) is 8.37. The molecule has 0 aromatic heterocycles. The Morgan fingerprint density at radius 1 is 0.727 bits per heavy atom. The molecule has 0 bridgehead atoms. The second-order valence-electron chi connectivity index (χ2n) is 9.50. The highest BCUT2D eigenvalue weighted by Crippen LogP contribution is 2.63. The maximum absolute atomic E-state index is 3.88. The summed E-state index contributed by atoms with van der Waals surface area (Å²) < 4.78 is 1.17. The zero-order chi connectivity index (χ0) is 22.2. The molecule has 33 heavy (non-hydrogen) atoms. The highest BCUT2D eigenvalue weighted by atomic mass is 79.9. The van der Waals surface area contributed by atoms with Gasteiger partial charge in [0.2, 0.25) is 0 Å². The summed E-state index contributed by atoms with van der Waals surface area (Å²) in [5.74, 6) is 0.622. The highest BCUT2D eigenvalue weighted by Gasteiger charge is 2.51. The largest absolute Gasteiger partial charge is 0.0808 e. The maximum Gasteiger partial charge on any atom is 0.0725 e. The van der Waals surface area contributed by atoms with Crippen molar-refractivity contribution in [3.05, 3.63) is 135 Å². The van der Waals surface area contributed by atoms with Gasteiger partial charge in [-0.1, -0.05) is 114 Å². The molecule has 0 nitrogen and oxygen atoms in total. The summed E-state index contributed by atoms with van der Waals surface area (Å²) in [6.07, 6.45) is 8.13. The number of halogens is 1. The van der Waals surface area contributed by atoms with Gasteiger partial charge >= 0.3 is 0 Å². The van der Waals surface area contributed by atoms with E-state index in [9.17, 15) is 0 Å². The van der Waals surface area contributed by atoms with E-state index in [-0.39, 0.29) is 5.41 Å². The molecule has 0 heterocycles. The van der Waals surface area contributed by atoms with Crippen LogP contribution in [0.2, 0.25) is 0 Å². The van der Waals surface area contributed by atoms with Crippen LogP contribution >= 0.6 is 15.9 Å². The molecule has 7 rings (SSSR count). The summed E-state index contributed by atoms with van der Waals surface area (Å²) in [6, 6.07) is 31.8. The van der Waals surface area contributed by atoms with Crippen molar-refractivity contribution in [2.75, 3.05) is 0 Å². The summed E-state index contributed by atoms with van der Waals surface area (Å²) in [5.41, 5.74) is 13.3. The van der Waals surface area contributed by atoms with Crippen LogP contribution in [0.5, 0.6) is 0 Å². The molecule has 1 spiro atoms. The first-order valence-electron chi connectivity index (χ1n) is 11.7. The average Bonchev–Trinajstić information content (AvgIpc) is 3.32. The second kappa shape index (κ2) is 6.92. The third kappa shape index (κ3) is 2.46. The van der Waals surface area contributed by atoms with Crippen molar-refractivity contribution in [3.8, 4) is 22.3 Å². The first-order valence-corrected chi connectivity index (χ1v) is 12.5. The van der Waals surface area contributed by atoms with E-state index in [1.807, 2.05) is 0 Å². The lowest BCUT2D eigenvalue weighted by molar-refractivity contribution is 0.739. The average molecular weight is 487 g/mol. The Labute approximate surface area is 203 Å². The fourth-order valence-corrected chi connectivity index (χ4v) is 6.85. The highest BCUT2D eigenvalue weighted by molar-refractivity contribution is 9.10. The van der Waals surface area contributed by atoms with Crippen molar-refractivity contribution in [1.29, 1.82) is 0 Å². The predicted octanol–water partition coefficient (Wildman–Crippen LogP) is 8.77. The SMILES string of the molecule is CC1C=CC(c2ccc3c(c2)-c2ccccc2C32c3ccccc3-c3c(Br)cccc32)=CC1. The molecule has 0 saturated heterocycles. The van der Waals surface area contributed by atoms with Crippen molar-refractivity contribution in [2.24, 2.45) is 5.92 Å². The Kier molecular flexibility index (Phi) is 4.05. The summed E-state index contributed by atoms with van der Waals surface area (Å²) in [7, 11) is 0. The van der Waals surface area contributed by atoms with Crippen LogP contribution in [0.4, 0.5) is 0 Å². The van der Waals surface area contributed by atoms with Crippen LogP contribution in [0.1, 0.15) is 41.2 Å². The van der Waals surface area contributed by atoms with Crippen LogP contribution in [-0.4, -0.2) is 0 Å². The van der Waals surface area contributed by atoms with Gasteiger partial charge in [-0.3, -0.25) is 0 Å². The normalized spacial score (nSPS) is 21.4. The lowest BCUT2D eigenvalue weighted by Crippen LogP contribution is -2.25. The van der Waals surface area contributed by atoms with E-state index in [1.165, 1.54) is 60.1 Å². The first-order chi connectivity index (χ1) is 16.2. The molecule has 2 atom stereocenters. The zero-order valence-corrected chi connectivity index (χ0v) is 20.1. The number of fused-ring (bicyclic) bond motifs is 10. The molecular weight excluding hydrogens is 464 g/mol. The van der Waals surface area contributed by atoms with Gasteiger partial charge in [0.25, 0.3) is 0 Å². The molecule has 0 saturated carbocycles. The van der Waals surface area contributed by atoms with E-state index in [4.69, 9.17) is 0 Å². The standard InChI is InChI=1S/C32H23Br/c1-20-13-15-21(16-14-20)22-17-18-28-25(19-22)23-7-2-4-9-26(23)32(28)27-10-5-3-8-24(27)31-29(32)11-6-12-30(31)33/h2-13,15-20H,14H2,1H3. The van der Waals surface area contributed by atoms with E-state index in [0.29, 0.717) is 5.92 Å². The predicted molar refractivity (Wildman–Crippen MR) is 141 cm³/mol. The number of rotatable bonds is 1. The Hall–Kier alpha value is -3.16. The number of allylic oxidation sites excluding steroid dienone is 4. The van der Waals surface area contributed by atoms with Gasteiger partial charge in [-0.25, -0.2) is 0 Å². The van der Waals surface area contributed by atoms with Gasteiger partial charge in [-0.05, 0) is 74.6 Å². The monoisotopic (exact) mass is 486 g/mol. The quantitative estimate of drug-likeness (QED) is 0.217. The summed E-state index contributed by atoms with van der Waals surface area (Å²) in [5, 5.41) is 0. The number of hydrogen-bond acceptors (Lipinski definition) is 0. The Balaban J connectivity index is 1.57. The molecule has 3 aliphatic rings. The van der Waals surface area contributed by atoms with E-state index < -0.39 is 0 Å². The van der Waals surface area contributed by atoms with Gasteiger partial charge in [-0.2, -0.15) is 0 Å². The van der Waals surface area contributed by atoms with Crippen LogP contribution in [0.25, 0.3) is 27.8 Å². The maximum atomic E-state index is 3.88. The van der Waals surface area contributed by atoms with Crippen molar-refractivity contribution >= 4 is 21.5 Å². The van der Waals surface area contributed by atoms with E-state index in [0.717, 1.165) is 6.42 Å². The van der Waals surface area contributed by atoms with E-state index >= 15 is 0 Å².